The van der Waals surface area contributed by atoms with E-state index >= 15 is 0 Å². The lowest BCUT2D eigenvalue weighted by atomic mass is 10.1. The minimum atomic E-state index is -0.453. The minimum Gasteiger partial charge on any atom is -0.309 e. The first-order valence-corrected chi connectivity index (χ1v) is 10.3. The zero-order valence-electron chi connectivity index (χ0n) is 16.2. The Bertz CT molecular complexity index is 1020. The first kappa shape index (κ1) is 21.2. The van der Waals surface area contributed by atoms with Gasteiger partial charge < -0.3 is 4.90 Å². The lowest BCUT2D eigenvalue weighted by Gasteiger charge is -2.21. The van der Waals surface area contributed by atoms with Crippen molar-refractivity contribution in [2.24, 2.45) is 0 Å². The van der Waals surface area contributed by atoms with Gasteiger partial charge in [0.1, 0.15) is 0 Å². The van der Waals surface area contributed by atoms with Crippen LogP contribution < -0.4 is 4.90 Å². The Morgan fingerprint density at radius 3 is 2.55 bits per heavy atom. The Balaban J connectivity index is 1.82. The standard InChI is InChI=1S/C20H21ClN4O3S/c1-23(2)10-3-11-24(20-22-17-9-6-15(21)13-18(17)29-20)19(26)12-14-4-7-16(8-5-14)25(27)28/h4-9,13H,3,10-12H2,1-2H3. The first-order valence-electron chi connectivity index (χ1n) is 9.08. The van der Waals surface area contributed by atoms with E-state index in [1.807, 2.05) is 26.2 Å². The average Bonchev–Trinajstić information content (AvgIpc) is 3.07. The maximum Gasteiger partial charge on any atom is 0.269 e. The highest BCUT2D eigenvalue weighted by Gasteiger charge is 2.20. The molecule has 0 aliphatic heterocycles. The van der Waals surface area contributed by atoms with Crippen molar-refractivity contribution in [3.05, 3.63) is 63.2 Å². The molecule has 0 unspecified atom stereocenters. The van der Waals surface area contributed by atoms with E-state index in [0.29, 0.717) is 16.7 Å². The largest absolute Gasteiger partial charge is 0.309 e. The molecule has 0 bridgehead atoms. The van der Waals surface area contributed by atoms with Crippen molar-refractivity contribution in [3.8, 4) is 0 Å². The first-order chi connectivity index (χ1) is 13.8. The van der Waals surface area contributed by atoms with Gasteiger partial charge in [-0.15, -0.1) is 0 Å². The topological polar surface area (TPSA) is 79.6 Å². The molecule has 1 amide bonds. The Morgan fingerprint density at radius 1 is 1.17 bits per heavy atom. The molecule has 29 heavy (non-hydrogen) atoms. The Hall–Kier alpha value is -2.55. The monoisotopic (exact) mass is 432 g/mol. The molecule has 3 rings (SSSR count). The second kappa shape index (κ2) is 9.30. The molecule has 3 aromatic rings. The smallest absolute Gasteiger partial charge is 0.269 e. The number of hydrogen-bond acceptors (Lipinski definition) is 6. The SMILES string of the molecule is CN(C)CCCN(C(=O)Cc1ccc([N+](=O)[O-])cc1)c1nc2ccc(Cl)cc2s1. The molecule has 0 radical (unpaired) electrons. The van der Waals surface area contributed by atoms with Gasteiger partial charge in [0.2, 0.25) is 5.91 Å². The van der Waals surface area contributed by atoms with Crippen LogP contribution in [0.2, 0.25) is 5.02 Å². The Kier molecular flexibility index (Phi) is 6.79. The summed E-state index contributed by atoms with van der Waals surface area (Å²) in [5.74, 6) is -0.0947. The van der Waals surface area contributed by atoms with Crippen LogP contribution in [0.15, 0.2) is 42.5 Å². The van der Waals surface area contributed by atoms with Crippen LogP contribution in [-0.4, -0.2) is 47.9 Å². The molecule has 1 aromatic heterocycles. The van der Waals surface area contributed by atoms with Crippen molar-refractivity contribution in [2.45, 2.75) is 12.8 Å². The zero-order valence-corrected chi connectivity index (χ0v) is 17.7. The molecule has 9 heteroatoms. The number of carbonyl (C=O) groups excluding carboxylic acids is 1. The summed E-state index contributed by atoms with van der Waals surface area (Å²) in [5, 5.41) is 12.1. The molecule has 1 heterocycles. The molecular formula is C20H21ClN4O3S. The maximum atomic E-state index is 13.1. The molecule has 0 saturated heterocycles. The van der Waals surface area contributed by atoms with Gasteiger partial charge in [-0.05, 0) is 50.8 Å². The highest BCUT2D eigenvalue weighted by atomic mass is 35.5. The summed E-state index contributed by atoms with van der Waals surface area (Å²) in [4.78, 5) is 31.8. The molecule has 0 aliphatic carbocycles. The summed E-state index contributed by atoms with van der Waals surface area (Å²) in [5.41, 5.74) is 1.53. The highest BCUT2D eigenvalue weighted by Crippen LogP contribution is 2.31. The number of benzene rings is 2. The summed E-state index contributed by atoms with van der Waals surface area (Å²) in [7, 11) is 3.98. The quantitative estimate of drug-likeness (QED) is 0.389. The average molecular weight is 433 g/mol. The predicted octanol–water partition coefficient (Wildman–Crippen LogP) is 4.39. The number of fused-ring (bicyclic) bond motifs is 1. The summed E-state index contributed by atoms with van der Waals surface area (Å²) in [6.07, 6.45) is 0.951. The maximum absolute atomic E-state index is 13.1. The minimum absolute atomic E-state index is 0.00656. The normalized spacial score (nSPS) is 11.2. The van der Waals surface area contributed by atoms with Gasteiger partial charge in [-0.2, -0.15) is 0 Å². The number of non-ortho nitro benzene ring substituents is 1. The van der Waals surface area contributed by atoms with Gasteiger partial charge >= 0.3 is 0 Å². The number of hydrogen-bond donors (Lipinski definition) is 0. The van der Waals surface area contributed by atoms with Gasteiger partial charge in [-0.25, -0.2) is 4.98 Å². The number of thiazole rings is 1. The molecule has 0 saturated carbocycles. The van der Waals surface area contributed by atoms with Gasteiger partial charge in [0.25, 0.3) is 5.69 Å². The number of rotatable bonds is 8. The number of aromatic nitrogens is 1. The van der Waals surface area contributed by atoms with E-state index in [2.05, 4.69) is 9.88 Å². The van der Waals surface area contributed by atoms with Crippen LogP contribution >= 0.6 is 22.9 Å². The summed E-state index contributed by atoms with van der Waals surface area (Å²) in [6, 6.07) is 11.5. The van der Waals surface area contributed by atoms with E-state index in [-0.39, 0.29) is 18.0 Å². The fraction of sp³-hybridized carbons (Fsp3) is 0.300. The fourth-order valence-electron chi connectivity index (χ4n) is 2.88. The van der Waals surface area contributed by atoms with Crippen molar-refractivity contribution in [1.29, 1.82) is 0 Å². The third-order valence-electron chi connectivity index (χ3n) is 4.36. The van der Waals surface area contributed by atoms with Gasteiger partial charge in [0, 0.05) is 23.7 Å². The third kappa shape index (κ3) is 5.50. The number of nitro benzene ring substituents is 1. The van der Waals surface area contributed by atoms with Crippen molar-refractivity contribution in [2.75, 3.05) is 32.1 Å². The van der Waals surface area contributed by atoms with Gasteiger partial charge in [-0.1, -0.05) is 35.1 Å². The lowest BCUT2D eigenvalue weighted by Crippen LogP contribution is -2.34. The van der Waals surface area contributed by atoms with Crippen LogP contribution in [-0.2, 0) is 11.2 Å². The summed E-state index contributed by atoms with van der Waals surface area (Å²) >= 11 is 7.51. The molecule has 7 nitrogen and oxygen atoms in total. The summed E-state index contributed by atoms with van der Waals surface area (Å²) in [6.45, 7) is 1.38. The second-order valence-corrected chi connectivity index (χ2v) is 8.36. The number of nitrogens with zero attached hydrogens (tertiary/aromatic N) is 4. The summed E-state index contributed by atoms with van der Waals surface area (Å²) < 4.78 is 0.924. The van der Waals surface area contributed by atoms with E-state index in [9.17, 15) is 14.9 Å². The second-order valence-electron chi connectivity index (χ2n) is 6.91. The molecule has 0 N–H and O–H groups in total. The molecule has 0 spiro atoms. The van der Waals surface area contributed by atoms with Crippen LogP contribution in [0.4, 0.5) is 10.8 Å². The molecule has 0 atom stereocenters. The third-order valence-corrected chi connectivity index (χ3v) is 5.64. The van der Waals surface area contributed by atoms with E-state index in [0.717, 1.165) is 28.7 Å². The van der Waals surface area contributed by atoms with E-state index < -0.39 is 4.92 Å². The number of carbonyl (C=O) groups is 1. The van der Waals surface area contributed by atoms with Gasteiger partial charge in [0.15, 0.2) is 5.13 Å². The number of halogens is 1. The van der Waals surface area contributed by atoms with Crippen LogP contribution in [0.3, 0.4) is 0 Å². The molecule has 0 aliphatic rings. The van der Waals surface area contributed by atoms with Crippen molar-refractivity contribution in [3.63, 3.8) is 0 Å². The molecule has 2 aromatic carbocycles. The van der Waals surface area contributed by atoms with Gasteiger partial charge in [0.05, 0.1) is 21.6 Å². The number of anilines is 1. The van der Waals surface area contributed by atoms with Crippen LogP contribution in [0, 0.1) is 10.1 Å². The van der Waals surface area contributed by atoms with E-state index in [1.165, 1.54) is 23.5 Å². The van der Waals surface area contributed by atoms with E-state index in [1.54, 1.807) is 23.1 Å². The van der Waals surface area contributed by atoms with Crippen LogP contribution in [0.5, 0.6) is 0 Å². The molecular weight excluding hydrogens is 412 g/mol. The van der Waals surface area contributed by atoms with Crippen molar-refractivity contribution < 1.29 is 9.72 Å². The van der Waals surface area contributed by atoms with Crippen LogP contribution in [0.1, 0.15) is 12.0 Å². The molecule has 152 valence electrons. The number of nitro groups is 1. The van der Waals surface area contributed by atoms with E-state index in [4.69, 9.17) is 11.6 Å². The van der Waals surface area contributed by atoms with Crippen molar-refractivity contribution in [1.82, 2.24) is 9.88 Å². The Labute approximate surface area is 177 Å². The number of amides is 1. The highest BCUT2D eigenvalue weighted by molar-refractivity contribution is 7.22. The zero-order chi connectivity index (χ0) is 21.0. The predicted molar refractivity (Wildman–Crippen MR) is 117 cm³/mol. The fourth-order valence-corrected chi connectivity index (χ4v) is 4.16. The lowest BCUT2D eigenvalue weighted by molar-refractivity contribution is -0.384. The Morgan fingerprint density at radius 2 is 1.90 bits per heavy atom. The van der Waals surface area contributed by atoms with Crippen LogP contribution in [0.25, 0.3) is 10.2 Å². The van der Waals surface area contributed by atoms with Gasteiger partial charge in [-0.3, -0.25) is 19.8 Å². The van der Waals surface area contributed by atoms with Crippen molar-refractivity contribution >= 4 is 49.9 Å². The molecule has 0 fully saturated rings.